The monoisotopic (exact) mass is 386 g/mol. The summed E-state index contributed by atoms with van der Waals surface area (Å²) in [7, 11) is 0. The van der Waals surface area contributed by atoms with Crippen LogP contribution in [0.25, 0.3) is 0 Å². The van der Waals surface area contributed by atoms with E-state index in [2.05, 4.69) is 10.6 Å². The van der Waals surface area contributed by atoms with Crippen LogP contribution in [-0.4, -0.2) is 75.6 Å². The minimum absolute atomic E-state index is 0.271. The molecule has 5 atom stereocenters. The minimum atomic E-state index is -1.24. The number of carboxylic acids is 1. The van der Waals surface area contributed by atoms with E-state index in [9.17, 15) is 29.4 Å². The summed E-state index contributed by atoms with van der Waals surface area (Å²) in [6.07, 6.45) is -0.265. The minimum Gasteiger partial charge on any atom is -0.480 e. The number of aliphatic hydroxyl groups excluding tert-OH is 1. The molecule has 0 radical (unpaired) electrons. The molecule has 0 aromatic rings. The number of likely N-dealkylation sites (tertiary alicyclic amines) is 1. The summed E-state index contributed by atoms with van der Waals surface area (Å²) < 4.78 is 0. The molecule has 5 unspecified atom stereocenters. The predicted octanol–water partition coefficient (Wildman–Crippen LogP) is -1.58. The SMILES string of the molecule is CC(N)C(=O)NC(C(=O)N1CCCC1C(=O)NC(C(=O)O)C(C)C)C(C)O. The zero-order valence-electron chi connectivity index (χ0n) is 16.1. The van der Waals surface area contributed by atoms with Crippen molar-refractivity contribution in [3.8, 4) is 0 Å². The normalized spacial score (nSPS) is 21.3. The van der Waals surface area contributed by atoms with Crippen LogP contribution in [0.15, 0.2) is 0 Å². The van der Waals surface area contributed by atoms with Gasteiger partial charge in [-0.05, 0) is 32.6 Å². The number of aliphatic carboxylic acids is 1. The Labute approximate surface area is 158 Å². The first-order valence-corrected chi connectivity index (χ1v) is 9.05. The van der Waals surface area contributed by atoms with Crippen molar-refractivity contribution in [3.63, 3.8) is 0 Å². The highest BCUT2D eigenvalue weighted by atomic mass is 16.4. The van der Waals surface area contributed by atoms with Gasteiger partial charge in [0.1, 0.15) is 18.1 Å². The van der Waals surface area contributed by atoms with Gasteiger partial charge in [-0.25, -0.2) is 4.79 Å². The summed E-state index contributed by atoms with van der Waals surface area (Å²) in [6, 6.07) is -4.02. The molecule has 0 aromatic carbocycles. The Balaban J connectivity index is 2.93. The number of carbonyl (C=O) groups is 4. The predicted molar refractivity (Wildman–Crippen MR) is 96.4 cm³/mol. The van der Waals surface area contributed by atoms with E-state index < -0.39 is 54.0 Å². The summed E-state index contributed by atoms with van der Waals surface area (Å²) in [5.41, 5.74) is 5.49. The molecule has 1 aliphatic heterocycles. The van der Waals surface area contributed by atoms with Crippen molar-refractivity contribution in [3.05, 3.63) is 0 Å². The Kier molecular flexibility index (Phi) is 8.17. The van der Waals surface area contributed by atoms with Crippen LogP contribution >= 0.6 is 0 Å². The smallest absolute Gasteiger partial charge is 0.326 e. The summed E-state index contributed by atoms with van der Waals surface area (Å²) in [6.45, 7) is 6.41. The second-order valence-corrected chi connectivity index (χ2v) is 7.27. The number of amides is 3. The molecule has 154 valence electrons. The average molecular weight is 386 g/mol. The summed E-state index contributed by atoms with van der Waals surface area (Å²) in [4.78, 5) is 49.8. The Morgan fingerprint density at radius 3 is 2.11 bits per heavy atom. The van der Waals surface area contributed by atoms with Crippen molar-refractivity contribution in [2.75, 3.05) is 6.54 Å². The molecule has 0 spiro atoms. The van der Waals surface area contributed by atoms with Gasteiger partial charge in [-0.2, -0.15) is 0 Å². The molecule has 6 N–H and O–H groups in total. The van der Waals surface area contributed by atoms with Crippen molar-refractivity contribution < 1.29 is 29.4 Å². The molecule has 0 aromatic heterocycles. The molecule has 1 saturated heterocycles. The van der Waals surface area contributed by atoms with Gasteiger partial charge in [0.25, 0.3) is 0 Å². The van der Waals surface area contributed by atoms with Gasteiger partial charge in [-0.1, -0.05) is 13.8 Å². The zero-order valence-corrected chi connectivity index (χ0v) is 16.1. The lowest BCUT2D eigenvalue weighted by Crippen LogP contribution is -2.59. The van der Waals surface area contributed by atoms with Gasteiger partial charge in [0.15, 0.2) is 0 Å². The van der Waals surface area contributed by atoms with Crippen LogP contribution in [0, 0.1) is 5.92 Å². The molecule has 1 heterocycles. The van der Waals surface area contributed by atoms with Gasteiger partial charge in [-0.15, -0.1) is 0 Å². The van der Waals surface area contributed by atoms with Crippen molar-refractivity contribution >= 4 is 23.7 Å². The fraction of sp³-hybridized carbons (Fsp3) is 0.765. The molecule has 27 heavy (non-hydrogen) atoms. The number of hydrogen-bond acceptors (Lipinski definition) is 6. The van der Waals surface area contributed by atoms with Crippen LogP contribution in [-0.2, 0) is 19.2 Å². The lowest BCUT2D eigenvalue weighted by Gasteiger charge is -2.31. The standard InChI is InChI=1S/C17H30N4O6/c1-8(2)12(17(26)27)19-15(24)11-6-5-7-21(11)16(25)13(10(4)22)20-14(23)9(3)18/h8-13,22H,5-7,18H2,1-4H3,(H,19,24)(H,20,23)(H,26,27). The van der Waals surface area contributed by atoms with Gasteiger partial charge in [-0.3, -0.25) is 14.4 Å². The van der Waals surface area contributed by atoms with Crippen LogP contribution in [0.3, 0.4) is 0 Å². The molecule has 10 nitrogen and oxygen atoms in total. The second-order valence-electron chi connectivity index (χ2n) is 7.27. The van der Waals surface area contributed by atoms with Gasteiger partial charge in [0.2, 0.25) is 17.7 Å². The fourth-order valence-electron chi connectivity index (χ4n) is 2.92. The lowest BCUT2D eigenvalue weighted by atomic mass is 10.0. The van der Waals surface area contributed by atoms with Gasteiger partial charge in [0, 0.05) is 6.54 Å². The Morgan fingerprint density at radius 1 is 1.07 bits per heavy atom. The maximum absolute atomic E-state index is 12.8. The first-order valence-electron chi connectivity index (χ1n) is 9.05. The quantitative estimate of drug-likeness (QED) is 0.336. The number of rotatable bonds is 8. The highest BCUT2D eigenvalue weighted by Crippen LogP contribution is 2.20. The number of hydrogen-bond donors (Lipinski definition) is 5. The highest BCUT2D eigenvalue weighted by Gasteiger charge is 2.40. The Bertz CT molecular complexity index is 578. The van der Waals surface area contributed by atoms with E-state index in [4.69, 9.17) is 5.73 Å². The highest BCUT2D eigenvalue weighted by molar-refractivity contribution is 5.94. The first-order chi connectivity index (χ1) is 12.5. The van der Waals surface area contributed by atoms with Gasteiger partial charge in [0.05, 0.1) is 12.1 Å². The van der Waals surface area contributed by atoms with Crippen LogP contribution in [0.2, 0.25) is 0 Å². The van der Waals surface area contributed by atoms with Crippen LogP contribution in [0.4, 0.5) is 0 Å². The summed E-state index contributed by atoms with van der Waals surface area (Å²) in [5.74, 6) is -3.24. The van der Waals surface area contributed by atoms with E-state index in [-0.39, 0.29) is 12.5 Å². The Morgan fingerprint density at radius 2 is 1.67 bits per heavy atom. The maximum atomic E-state index is 12.8. The molecule has 10 heteroatoms. The van der Waals surface area contributed by atoms with E-state index in [1.165, 1.54) is 18.7 Å². The molecular weight excluding hydrogens is 356 g/mol. The maximum Gasteiger partial charge on any atom is 0.326 e. The summed E-state index contributed by atoms with van der Waals surface area (Å²) >= 11 is 0. The average Bonchev–Trinajstić information content (AvgIpc) is 3.05. The van der Waals surface area contributed by atoms with Crippen molar-refractivity contribution in [2.45, 2.75) is 70.8 Å². The summed E-state index contributed by atoms with van der Waals surface area (Å²) in [5, 5.41) is 24.0. The molecule has 0 saturated carbocycles. The van der Waals surface area contributed by atoms with E-state index in [1.807, 2.05) is 0 Å². The lowest BCUT2D eigenvalue weighted by molar-refractivity contribution is -0.146. The first kappa shape index (κ1) is 22.8. The number of nitrogens with zero attached hydrogens (tertiary/aromatic N) is 1. The van der Waals surface area contributed by atoms with Crippen LogP contribution in [0.5, 0.6) is 0 Å². The number of nitrogens with two attached hydrogens (primary N) is 1. The van der Waals surface area contributed by atoms with Crippen LogP contribution < -0.4 is 16.4 Å². The van der Waals surface area contributed by atoms with E-state index >= 15 is 0 Å². The third-order valence-corrected chi connectivity index (χ3v) is 4.53. The molecule has 3 amide bonds. The zero-order chi connectivity index (χ0) is 20.9. The molecule has 1 fully saturated rings. The van der Waals surface area contributed by atoms with E-state index in [1.54, 1.807) is 13.8 Å². The second kappa shape index (κ2) is 9.65. The van der Waals surface area contributed by atoms with Crippen molar-refractivity contribution in [1.29, 1.82) is 0 Å². The molecule has 0 bridgehead atoms. The number of aliphatic hydroxyl groups is 1. The van der Waals surface area contributed by atoms with Crippen molar-refractivity contribution in [2.24, 2.45) is 11.7 Å². The van der Waals surface area contributed by atoms with E-state index in [0.29, 0.717) is 12.8 Å². The number of nitrogens with one attached hydrogen (secondary N) is 2. The molecular formula is C17H30N4O6. The number of carboxylic acid groups (broad SMARTS) is 1. The Hall–Kier alpha value is -2.20. The third kappa shape index (κ3) is 5.90. The van der Waals surface area contributed by atoms with Gasteiger partial charge < -0.3 is 31.5 Å². The van der Waals surface area contributed by atoms with E-state index in [0.717, 1.165) is 0 Å². The molecule has 0 aliphatic carbocycles. The fourth-order valence-corrected chi connectivity index (χ4v) is 2.92. The van der Waals surface area contributed by atoms with Crippen molar-refractivity contribution in [1.82, 2.24) is 15.5 Å². The number of carbonyl (C=O) groups excluding carboxylic acids is 3. The molecule has 1 aliphatic rings. The largest absolute Gasteiger partial charge is 0.480 e. The van der Waals surface area contributed by atoms with Crippen LogP contribution in [0.1, 0.15) is 40.5 Å². The third-order valence-electron chi connectivity index (χ3n) is 4.53. The molecule has 1 rings (SSSR count). The van der Waals surface area contributed by atoms with Gasteiger partial charge >= 0.3 is 5.97 Å². The topological polar surface area (TPSA) is 162 Å².